The maximum absolute atomic E-state index is 12.4. The van der Waals surface area contributed by atoms with Crippen LogP contribution in [0.15, 0.2) is 53.7 Å². The summed E-state index contributed by atoms with van der Waals surface area (Å²) < 4.78 is 36.9. The molecule has 0 saturated carbocycles. The number of carbonyl (C=O) groups excluding carboxylic acids is 1. The molecule has 0 aliphatic rings. The molecule has 0 unspecified atom stereocenters. The number of benzene rings is 2. The number of rotatable bonds is 5. The van der Waals surface area contributed by atoms with Crippen LogP contribution >= 0.6 is 11.6 Å². The molecule has 3 aromatic rings. The number of ether oxygens (including phenoxy) is 1. The number of aromatic amines is 1. The van der Waals surface area contributed by atoms with Crippen molar-refractivity contribution in [1.29, 1.82) is 0 Å². The lowest BCUT2D eigenvalue weighted by atomic mass is 10.1. The molecule has 182 valence electrons. The van der Waals surface area contributed by atoms with E-state index in [9.17, 15) is 18.0 Å². The highest BCUT2D eigenvalue weighted by molar-refractivity contribution is 6.30. The van der Waals surface area contributed by atoms with E-state index in [4.69, 9.17) is 32.0 Å². The molecule has 2 aromatic carbocycles. The summed E-state index contributed by atoms with van der Waals surface area (Å²) in [5, 5.41) is 8.58. The number of halogens is 4. The number of H-pyrrole nitrogens is 1. The van der Waals surface area contributed by atoms with Crippen LogP contribution in [0, 0.1) is 0 Å². The summed E-state index contributed by atoms with van der Waals surface area (Å²) in [5.41, 5.74) is 13.4. The Bertz CT molecular complexity index is 1160. The van der Waals surface area contributed by atoms with E-state index in [1.807, 2.05) is 36.4 Å². The Morgan fingerprint density at radius 2 is 1.82 bits per heavy atom. The Hall–Kier alpha value is -3.93. The number of aromatic nitrogens is 1. The Kier molecular flexibility index (Phi) is 9.13. The van der Waals surface area contributed by atoms with Crippen molar-refractivity contribution in [2.75, 3.05) is 13.7 Å². The van der Waals surface area contributed by atoms with Crippen molar-refractivity contribution in [1.82, 2.24) is 15.8 Å². The van der Waals surface area contributed by atoms with E-state index in [1.54, 1.807) is 19.4 Å². The quantitative estimate of drug-likeness (QED) is 0.207. The molecule has 1 heterocycles. The van der Waals surface area contributed by atoms with Crippen LogP contribution in [0.3, 0.4) is 0 Å². The number of aliphatic carboxylic acids is 1. The molecule has 0 aliphatic heterocycles. The third-order valence-corrected chi connectivity index (χ3v) is 4.53. The highest BCUT2D eigenvalue weighted by Gasteiger charge is 2.38. The van der Waals surface area contributed by atoms with Crippen LogP contribution in [0.4, 0.5) is 13.2 Å². The first-order chi connectivity index (χ1) is 16.0. The number of alkyl halides is 3. The number of hydrogen-bond acceptors (Lipinski definition) is 4. The van der Waals surface area contributed by atoms with Gasteiger partial charge in [-0.25, -0.2) is 4.79 Å². The predicted molar refractivity (Wildman–Crippen MR) is 121 cm³/mol. The molecule has 0 radical (unpaired) electrons. The number of methoxy groups -OCH3 is 1. The summed E-state index contributed by atoms with van der Waals surface area (Å²) in [6, 6.07) is 13.0. The summed E-state index contributed by atoms with van der Waals surface area (Å²) in [4.78, 5) is 28.5. The van der Waals surface area contributed by atoms with Gasteiger partial charge in [-0.05, 0) is 42.3 Å². The molecule has 34 heavy (non-hydrogen) atoms. The molecule has 0 atom stereocenters. The van der Waals surface area contributed by atoms with Crippen LogP contribution in [-0.4, -0.2) is 47.8 Å². The van der Waals surface area contributed by atoms with E-state index < -0.39 is 12.1 Å². The second kappa shape index (κ2) is 11.8. The highest BCUT2D eigenvalue weighted by Crippen LogP contribution is 2.23. The Labute approximate surface area is 196 Å². The number of hydrogen-bond donors (Lipinski definition) is 5. The largest absolute Gasteiger partial charge is 0.497 e. The number of nitrogens with one attached hydrogen (secondary N) is 3. The topological polar surface area (TPSA) is 142 Å². The number of hydrazine groups is 1. The number of carboxylic acid groups (broad SMARTS) is 1. The van der Waals surface area contributed by atoms with Gasteiger partial charge in [0.2, 0.25) is 5.96 Å². The van der Waals surface area contributed by atoms with Gasteiger partial charge in [-0.3, -0.25) is 20.6 Å². The van der Waals surface area contributed by atoms with Gasteiger partial charge in [0.05, 0.1) is 12.7 Å². The average Bonchev–Trinajstić information content (AvgIpc) is 3.22. The van der Waals surface area contributed by atoms with Crippen molar-refractivity contribution in [3.63, 3.8) is 0 Å². The predicted octanol–water partition coefficient (Wildman–Crippen LogP) is 3.26. The molecule has 0 fully saturated rings. The fraction of sp³-hybridized carbons (Fsp3) is 0.190. The summed E-state index contributed by atoms with van der Waals surface area (Å²) >= 11 is 5.86. The van der Waals surface area contributed by atoms with Gasteiger partial charge in [0, 0.05) is 28.7 Å². The number of carbonyl (C=O) groups is 2. The normalized spacial score (nSPS) is 11.4. The number of carboxylic acids is 1. The first kappa shape index (κ1) is 26.3. The minimum Gasteiger partial charge on any atom is -0.497 e. The molecule has 0 saturated heterocycles. The third kappa shape index (κ3) is 7.89. The van der Waals surface area contributed by atoms with E-state index in [1.165, 1.54) is 0 Å². The minimum absolute atomic E-state index is 0.134. The van der Waals surface area contributed by atoms with Gasteiger partial charge in [0.1, 0.15) is 5.75 Å². The van der Waals surface area contributed by atoms with Gasteiger partial charge in [0.15, 0.2) is 0 Å². The van der Waals surface area contributed by atoms with Gasteiger partial charge >= 0.3 is 12.1 Å². The maximum atomic E-state index is 12.4. The number of nitrogens with two attached hydrogens (primary N) is 1. The standard InChI is InChI=1S/C19H20ClN5O2.C2HF3O2/c1-27-14-6-7-17-15(10-14)16(11-23-17)18(26)24-25-19(21)22-9-8-12-2-4-13(20)5-3-12;3-2(4,5)1(6)7/h2-7,10-11,23H,8-9H2,1H3,(H,24,26)(H3,21,22,25);(H,6,7). The van der Waals surface area contributed by atoms with Crippen LogP contribution in [0.5, 0.6) is 5.75 Å². The first-order valence-electron chi connectivity index (χ1n) is 9.57. The van der Waals surface area contributed by atoms with Crippen LogP contribution in [0.1, 0.15) is 15.9 Å². The molecular weight excluding hydrogens is 479 g/mol. The number of fused-ring (bicyclic) bond motifs is 1. The van der Waals surface area contributed by atoms with Crippen LogP contribution in [0.2, 0.25) is 5.02 Å². The van der Waals surface area contributed by atoms with Crippen molar-refractivity contribution in [2.45, 2.75) is 12.6 Å². The number of amides is 1. The molecule has 9 nitrogen and oxygen atoms in total. The Morgan fingerprint density at radius 3 is 2.41 bits per heavy atom. The fourth-order valence-electron chi connectivity index (χ4n) is 2.60. The number of guanidine groups is 1. The molecule has 0 aliphatic carbocycles. The van der Waals surface area contributed by atoms with Gasteiger partial charge in [0.25, 0.3) is 5.91 Å². The number of nitrogens with zero attached hydrogens (tertiary/aromatic N) is 1. The molecule has 13 heteroatoms. The molecular formula is C21H21ClF3N5O4. The lowest BCUT2D eigenvalue weighted by molar-refractivity contribution is -0.192. The van der Waals surface area contributed by atoms with Gasteiger partial charge in [-0.1, -0.05) is 23.7 Å². The Morgan fingerprint density at radius 1 is 1.18 bits per heavy atom. The van der Waals surface area contributed by atoms with Crippen molar-refractivity contribution in [3.8, 4) is 5.75 Å². The lowest BCUT2D eigenvalue weighted by Gasteiger charge is -2.07. The summed E-state index contributed by atoms with van der Waals surface area (Å²) in [5.74, 6) is -2.28. The average molecular weight is 500 g/mol. The van der Waals surface area contributed by atoms with E-state index in [0.29, 0.717) is 22.9 Å². The molecule has 1 aromatic heterocycles. The molecule has 1 amide bonds. The van der Waals surface area contributed by atoms with Crippen LogP contribution < -0.4 is 21.3 Å². The lowest BCUT2D eigenvalue weighted by Crippen LogP contribution is -2.45. The second-order valence-electron chi connectivity index (χ2n) is 6.64. The zero-order valence-corrected chi connectivity index (χ0v) is 18.5. The van der Waals surface area contributed by atoms with Gasteiger partial charge < -0.3 is 20.6 Å². The summed E-state index contributed by atoms with van der Waals surface area (Å²) in [7, 11) is 1.58. The van der Waals surface area contributed by atoms with Crippen molar-refractivity contribution in [3.05, 3.63) is 64.8 Å². The molecule has 0 spiro atoms. The van der Waals surface area contributed by atoms with Gasteiger partial charge in [-0.15, -0.1) is 0 Å². The third-order valence-electron chi connectivity index (χ3n) is 4.28. The monoisotopic (exact) mass is 499 g/mol. The zero-order chi connectivity index (χ0) is 25.3. The first-order valence-corrected chi connectivity index (χ1v) is 9.95. The van der Waals surface area contributed by atoms with Gasteiger partial charge in [-0.2, -0.15) is 13.2 Å². The van der Waals surface area contributed by atoms with E-state index >= 15 is 0 Å². The van der Waals surface area contributed by atoms with E-state index in [2.05, 4.69) is 20.8 Å². The van der Waals surface area contributed by atoms with Crippen molar-refractivity contribution in [2.24, 2.45) is 10.7 Å². The van der Waals surface area contributed by atoms with Crippen molar-refractivity contribution >= 4 is 40.3 Å². The van der Waals surface area contributed by atoms with E-state index in [0.717, 1.165) is 22.9 Å². The maximum Gasteiger partial charge on any atom is 0.490 e. The molecule has 6 N–H and O–H groups in total. The summed E-state index contributed by atoms with van der Waals surface area (Å²) in [6.45, 7) is 0.487. The minimum atomic E-state index is -5.08. The highest BCUT2D eigenvalue weighted by atomic mass is 35.5. The smallest absolute Gasteiger partial charge is 0.490 e. The van der Waals surface area contributed by atoms with Crippen LogP contribution in [0.25, 0.3) is 10.9 Å². The summed E-state index contributed by atoms with van der Waals surface area (Å²) in [6.07, 6.45) is -2.73. The Balaban J connectivity index is 0.000000509. The molecule has 0 bridgehead atoms. The second-order valence-corrected chi connectivity index (χ2v) is 7.08. The fourth-order valence-corrected chi connectivity index (χ4v) is 2.72. The SMILES string of the molecule is COc1ccc2[nH]cc(C(=O)NNC(N)=NCCc3ccc(Cl)cc3)c2c1.O=C(O)C(F)(F)F. The van der Waals surface area contributed by atoms with Crippen molar-refractivity contribution < 1.29 is 32.6 Å². The van der Waals surface area contributed by atoms with Crippen LogP contribution in [-0.2, 0) is 11.2 Å². The molecule has 3 rings (SSSR count). The zero-order valence-electron chi connectivity index (χ0n) is 17.7. The van der Waals surface area contributed by atoms with E-state index in [-0.39, 0.29) is 11.9 Å². The number of aliphatic imine (C=N–C) groups is 1.